The predicted octanol–water partition coefficient (Wildman–Crippen LogP) is 8.40. The Kier molecular flexibility index (Phi) is 13.1. The van der Waals surface area contributed by atoms with Crippen LogP contribution in [0.4, 0.5) is 53.3 Å². The molecular formula is C42H38N8O9S2. The number of amides is 8. The second kappa shape index (κ2) is 18.8. The maximum Gasteiger partial charge on any atom is 0.333 e. The number of carbonyl (C=O) groups is 4. The highest BCUT2D eigenvalue weighted by molar-refractivity contribution is 7.90. The lowest BCUT2D eigenvalue weighted by Gasteiger charge is -2.12. The fraction of sp³-hybridized carbons (Fsp3) is 0.0476. The van der Waals surface area contributed by atoms with Crippen molar-refractivity contribution < 1.29 is 40.8 Å². The van der Waals surface area contributed by atoms with Crippen LogP contribution in [0.2, 0.25) is 0 Å². The van der Waals surface area contributed by atoms with Crippen LogP contribution in [0.5, 0.6) is 11.5 Å². The molecule has 0 saturated carbocycles. The quantitative estimate of drug-likeness (QED) is 0.0588. The summed E-state index contributed by atoms with van der Waals surface area (Å²) in [5, 5.41) is 15.3. The van der Waals surface area contributed by atoms with Crippen LogP contribution < -0.4 is 46.1 Å². The number of hydrogen-bond donors (Lipinski definition) is 8. The van der Waals surface area contributed by atoms with E-state index in [4.69, 9.17) is 4.74 Å². The largest absolute Gasteiger partial charge is 0.457 e. The van der Waals surface area contributed by atoms with Gasteiger partial charge in [-0.2, -0.15) is 0 Å². The van der Waals surface area contributed by atoms with Crippen molar-refractivity contribution in [3.05, 3.63) is 157 Å². The van der Waals surface area contributed by atoms with Gasteiger partial charge < -0.3 is 36.6 Å². The molecule has 8 N–H and O–H groups in total. The number of benzene rings is 6. The van der Waals surface area contributed by atoms with Crippen LogP contribution in [0.15, 0.2) is 155 Å². The summed E-state index contributed by atoms with van der Waals surface area (Å²) in [6, 6.07) is 33.7. The zero-order valence-corrected chi connectivity index (χ0v) is 34.0. The van der Waals surface area contributed by atoms with E-state index in [1.54, 1.807) is 24.3 Å². The Hall–Kier alpha value is -7.90. The van der Waals surface area contributed by atoms with Gasteiger partial charge in [-0.25, -0.2) is 45.5 Å². The van der Waals surface area contributed by atoms with Crippen molar-refractivity contribution in [2.75, 3.05) is 31.9 Å². The molecule has 0 aliphatic heterocycles. The van der Waals surface area contributed by atoms with Crippen molar-refractivity contribution in [1.29, 1.82) is 0 Å². The topological polar surface area (TPSA) is 242 Å². The van der Waals surface area contributed by atoms with E-state index in [0.29, 0.717) is 22.9 Å². The first-order valence-electron chi connectivity index (χ1n) is 18.1. The first kappa shape index (κ1) is 42.7. The number of carbonyl (C=O) groups excluding carboxylic acids is 4. The van der Waals surface area contributed by atoms with Gasteiger partial charge in [-0.1, -0.05) is 47.5 Å². The Morgan fingerprint density at radius 1 is 0.377 bits per heavy atom. The maximum absolute atomic E-state index is 13.0. The smallest absolute Gasteiger partial charge is 0.333 e. The first-order chi connectivity index (χ1) is 29.1. The van der Waals surface area contributed by atoms with Crippen LogP contribution in [-0.4, -0.2) is 41.0 Å². The van der Waals surface area contributed by atoms with Crippen LogP contribution in [0, 0.1) is 13.8 Å². The highest BCUT2D eigenvalue weighted by Gasteiger charge is 2.20. The van der Waals surface area contributed by atoms with E-state index in [9.17, 15) is 36.0 Å². The van der Waals surface area contributed by atoms with Crippen LogP contribution in [-0.2, 0) is 20.0 Å². The molecule has 0 radical (unpaired) electrons. The van der Waals surface area contributed by atoms with Gasteiger partial charge in [0.05, 0.1) is 9.79 Å². The molecule has 6 aromatic rings. The molecule has 61 heavy (non-hydrogen) atoms. The molecule has 0 atom stereocenters. The molecule has 0 heterocycles. The number of urea groups is 4. The standard InChI is InChI=1S/C42H38N8O9S2/c1-27-9-13-29(14-10-27)43-39(51)47-33-5-3-7-37(25-33)60(55,56)49-41(53)45-31-17-21-35(22-18-31)59-36-23-19-32(20-24-36)46-42(54)50-61(57,58)38-8-4-6-34(26-38)48-40(52)44-30-15-11-28(2)12-16-30/h3-26H,1-2H3,(H2,43,47,51)(H2,44,48,52)(H2,45,49,53)(H2,46,50,54). The SMILES string of the molecule is Cc1ccc(NC(=O)Nc2cccc(S(=O)(=O)NC(=O)Nc3ccc(Oc4ccc(NC(=O)NS(=O)(=O)c5cccc(NC(=O)Nc6ccc(C)cc6)c5)cc4)cc3)c2)cc1. The monoisotopic (exact) mass is 862 g/mol. The summed E-state index contributed by atoms with van der Waals surface area (Å²) in [6.45, 7) is 3.82. The lowest BCUT2D eigenvalue weighted by molar-refractivity contribution is 0.255. The fourth-order valence-electron chi connectivity index (χ4n) is 5.37. The van der Waals surface area contributed by atoms with Gasteiger partial charge in [-0.3, -0.25) is 0 Å². The summed E-state index contributed by atoms with van der Waals surface area (Å²) < 4.78 is 61.5. The van der Waals surface area contributed by atoms with Gasteiger partial charge in [0.2, 0.25) is 0 Å². The Bertz CT molecular complexity index is 2590. The van der Waals surface area contributed by atoms with Gasteiger partial charge in [-0.15, -0.1) is 0 Å². The molecule has 6 rings (SSSR count). The number of ether oxygens (including phenoxy) is 1. The molecular weight excluding hydrogens is 825 g/mol. The fourth-order valence-corrected chi connectivity index (χ4v) is 7.27. The normalized spacial score (nSPS) is 11.0. The second-order valence-corrected chi connectivity index (χ2v) is 16.6. The van der Waals surface area contributed by atoms with Crippen molar-refractivity contribution in [3.8, 4) is 11.5 Å². The van der Waals surface area contributed by atoms with Gasteiger partial charge >= 0.3 is 24.1 Å². The average Bonchev–Trinajstić information content (AvgIpc) is 3.21. The Balaban J connectivity index is 0.957. The number of anilines is 6. The van der Waals surface area contributed by atoms with E-state index in [0.717, 1.165) is 11.1 Å². The number of aryl methyl sites for hydroxylation is 2. The lowest BCUT2D eigenvalue weighted by atomic mass is 10.2. The Morgan fingerprint density at radius 2 is 0.672 bits per heavy atom. The van der Waals surface area contributed by atoms with Crippen LogP contribution in [0.25, 0.3) is 0 Å². The number of hydrogen-bond acceptors (Lipinski definition) is 9. The summed E-state index contributed by atoms with van der Waals surface area (Å²) in [4.78, 5) is 49.6. The molecule has 0 aromatic heterocycles. The molecule has 0 saturated heterocycles. The Morgan fingerprint density at radius 3 is 1.02 bits per heavy atom. The van der Waals surface area contributed by atoms with E-state index in [-0.39, 0.29) is 32.5 Å². The zero-order valence-electron chi connectivity index (χ0n) is 32.3. The summed E-state index contributed by atoms with van der Waals surface area (Å²) in [5.74, 6) is 0.700. The molecule has 0 aliphatic carbocycles. The predicted molar refractivity (Wildman–Crippen MR) is 232 cm³/mol. The number of sulfonamides is 2. The maximum atomic E-state index is 13.0. The third-order valence-electron chi connectivity index (χ3n) is 8.34. The van der Waals surface area contributed by atoms with Crippen molar-refractivity contribution in [3.63, 3.8) is 0 Å². The molecule has 0 fully saturated rings. The van der Waals surface area contributed by atoms with E-state index < -0.39 is 44.2 Å². The molecule has 6 aromatic carbocycles. The summed E-state index contributed by atoms with van der Waals surface area (Å²) in [7, 11) is -8.66. The van der Waals surface area contributed by atoms with Crippen LogP contribution in [0.1, 0.15) is 11.1 Å². The second-order valence-electron chi connectivity index (χ2n) is 13.2. The van der Waals surface area contributed by atoms with E-state index in [1.807, 2.05) is 47.6 Å². The molecule has 0 bridgehead atoms. The highest BCUT2D eigenvalue weighted by Crippen LogP contribution is 2.25. The minimum absolute atomic E-state index is 0.182. The molecule has 0 spiro atoms. The average molecular weight is 863 g/mol. The minimum Gasteiger partial charge on any atom is -0.457 e. The van der Waals surface area contributed by atoms with E-state index in [2.05, 4.69) is 31.9 Å². The third-order valence-corrected chi connectivity index (χ3v) is 11.0. The highest BCUT2D eigenvalue weighted by atomic mass is 32.2. The molecule has 0 unspecified atom stereocenters. The zero-order chi connectivity index (χ0) is 43.6. The molecule has 19 heteroatoms. The molecule has 312 valence electrons. The van der Waals surface area contributed by atoms with Crippen molar-refractivity contribution in [1.82, 2.24) is 9.44 Å². The molecule has 0 aliphatic rings. The van der Waals surface area contributed by atoms with E-state index >= 15 is 0 Å². The number of rotatable bonds is 12. The van der Waals surface area contributed by atoms with Crippen molar-refractivity contribution >= 4 is 78.3 Å². The van der Waals surface area contributed by atoms with E-state index in [1.165, 1.54) is 97.1 Å². The van der Waals surface area contributed by atoms with Gasteiger partial charge in [0.15, 0.2) is 0 Å². The van der Waals surface area contributed by atoms with Gasteiger partial charge in [0.1, 0.15) is 11.5 Å². The molecule has 17 nitrogen and oxygen atoms in total. The summed E-state index contributed by atoms with van der Waals surface area (Å²) in [5.41, 5.74) is 3.99. The molecule has 8 amide bonds. The third kappa shape index (κ3) is 12.5. The minimum atomic E-state index is -4.33. The van der Waals surface area contributed by atoms with Gasteiger partial charge in [0, 0.05) is 34.1 Å². The lowest BCUT2D eigenvalue weighted by Crippen LogP contribution is -2.34. The summed E-state index contributed by atoms with van der Waals surface area (Å²) in [6.07, 6.45) is 0. The summed E-state index contributed by atoms with van der Waals surface area (Å²) >= 11 is 0. The van der Waals surface area contributed by atoms with Crippen LogP contribution in [0.3, 0.4) is 0 Å². The first-order valence-corrected chi connectivity index (χ1v) is 21.1. The van der Waals surface area contributed by atoms with Crippen molar-refractivity contribution in [2.24, 2.45) is 0 Å². The van der Waals surface area contributed by atoms with Gasteiger partial charge in [-0.05, 0) is 123 Å². The van der Waals surface area contributed by atoms with Crippen LogP contribution >= 0.6 is 0 Å². The number of nitrogens with one attached hydrogen (secondary N) is 8. The Labute approximate surface area is 351 Å². The van der Waals surface area contributed by atoms with Crippen molar-refractivity contribution in [2.45, 2.75) is 23.6 Å². The van der Waals surface area contributed by atoms with Gasteiger partial charge in [0.25, 0.3) is 20.0 Å².